The maximum Gasteiger partial charge on any atom is 0.226 e. The average Bonchev–Trinajstić information content (AvgIpc) is 2.87. The summed E-state index contributed by atoms with van der Waals surface area (Å²) in [7, 11) is 0. The van der Waals surface area contributed by atoms with E-state index in [4.69, 9.17) is 20.2 Å². The van der Waals surface area contributed by atoms with E-state index in [1.807, 2.05) is 13.8 Å². The molecule has 0 spiro atoms. The van der Waals surface area contributed by atoms with Crippen LogP contribution in [0.3, 0.4) is 0 Å². The van der Waals surface area contributed by atoms with Gasteiger partial charge in [0.05, 0.1) is 5.69 Å². The Morgan fingerprint density at radius 2 is 1.68 bits per heavy atom. The molecule has 106 valence electrons. The molecule has 0 aliphatic heterocycles. The van der Waals surface area contributed by atoms with E-state index in [1.165, 1.54) is 0 Å². The number of nitrogens with zero attached hydrogens (tertiary/aromatic N) is 4. The summed E-state index contributed by atoms with van der Waals surface area (Å²) in [6.07, 6.45) is 0. The zero-order valence-electron chi connectivity index (χ0n) is 12.0. The highest BCUT2D eigenvalue weighted by molar-refractivity contribution is 5.63. The summed E-state index contributed by atoms with van der Waals surface area (Å²) < 4.78 is 5.54. The molecule has 0 radical (unpaired) electrons. The molecule has 6 heteroatoms. The van der Waals surface area contributed by atoms with Gasteiger partial charge in [0.15, 0.2) is 5.57 Å². The van der Waals surface area contributed by atoms with Gasteiger partial charge >= 0.3 is 0 Å². The number of hydrogen-bond acceptors (Lipinski definition) is 6. The fourth-order valence-electron chi connectivity index (χ4n) is 1.72. The van der Waals surface area contributed by atoms with Crippen LogP contribution in [-0.4, -0.2) is 4.98 Å². The van der Waals surface area contributed by atoms with Crippen LogP contribution in [0, 0.1) is 47.8 Å². The van der Waals surface area contributed by atoms with Crippen molar-refractivity contribution in [1.29, 1.82) is 15.8 Å². The predicted octanol–water partition coefficient (Wildman–Crippen LogP) is 3.20. The molecule has 0 amide bonds. The van der Waals surface area contributed by atoms with Crippen molar-refractivity contribution in [2.24, 2.45) is 0 Å². The molecule has 2 aromatic rings. The molecular weight excluding hydrogens is 278 g/mol. The lowest BCUT2D eigenvalue weighted by molar-refractivity contribution is 0.541. The average molecular weight is 289 g/mol. The molecule has 1 N–H and O–H groups in total. The van der Waals surface area contributed by atoms with Crippen LogP contribution in [0.1, 0.15) is 11.5 Å². The molecule has 0 bridgehead atoms. The van der Waals surface area contributed by atoms with Crippen LogP contribution >= 0.6 is 0 Å². The summed E-state index contributed by atoms with van der Waals surface area (Å²) in [4.78, 5) is 4.31. The van der Waals surface area contributed by atoms with Crippen molar-refractivity contribution >= 4 is 5.69 Å². The lowest BCUT2D eigenvalue weighted by Crippen LogP contribution is -2.00. The van der Waals surface area contributed by atoms with Crippen LogP contribution in [0.15, 0.2) is 40.0 Å². The number of anilines is 1. The molecule has 0 saturated heterocycles. The van der Waals surface area contributed by atoms with Crippen molar-refractivity contribution in [1.82, 2.24) is 4.98 Å². The summed E-state index contributed by atoms with van der Waals surface area (Å²) in [5.74, 6) is 1.28. The maximum atomic E-state index is 8.99. The largest absolute Gasteiger partial charge is 0.441 e. The van der Waals surface area contributed by atoms with E-state index in [-0.39, 0.29) is 11.3 Å². The van der Waals surface area contributed by atoms with Crippen LogP contribution < -0.4 is 5.32 Å². The third-order valence-electron chi connectivity index (χ3n) is 3.02. The van der Waals surface area contributed by atoms with E-state index in [2.05, 4.69) is 10.3 Å². The molecule has 1 aromatic carbocycles. The Hall–Kier alpha value is -3.56. The van der Waals surface area contributed by atoms with Gasteiger partial charge in [-0.3, -0.25) is 0 Å². The van der Waals surface area contributed by atoms with Crippen molar-refractivity contribution in [2.45, 2.75) is 13.8 Å². The minimum Gasteiger partial charge on any atom is -0.441 e. The van der Waals surface area contributed by atoms with Crippen molar-refractivity contribution in [2.75, 3.05) is 5.32 Å². The first-order chi connectivity index (χ1) is 10.6. The molecule has 0 saturated carbocycles. The SMILES string of the molecule is Cc1nc(-c2ccc(NC(C#N)=C(C#N)C#N)cc2)oc1C. The van der Waals surface area contributed by atoms with Crippen LogP contribution in [0.4, 0.5) is 5.69 Å². The summed E-state index contributed by atoms with van der Waals surface area (Å²) in [5.41, 5.74) is 1.87. The van der Waals surface area contributed by atoms with Gasteiger partial charge in [-0.25, -0.2) is 4.98 Å². The van der Waals surface area contributed by atoms with E-state index in [9.17, 15) is 0 Å². The first-order valence-corrected chi connectivity index (χ1v) is 6.35. The number of nitrogens with one attached hydrogen (secondary N) is 1. The fourth-order valence-corrected chi connectivity index (χ4v) is 1.72. The molecule has 1 heterocycles. The van der Waals surface area contributed by atoms with Gasteiger partial charge in [-0.1, -0.05) is 0 Å². The van der Waals surface area contributed by atoms with Crippen molar-refractivity contribution in [3.05, 3.63) is 47.0 Å². The van der Waals surface area contributed by atoms with Gasteiger partial charge in [0.1, 0.15) is 29.7 Å². The second kappa shape index (κ2) is 6.26. The maximum absolute atomic E-state index is 8.99. The molecule has 0 aliphatic rings. The second-order valence-corrected chi connectivity index (χ2v) is 4.45. The fraction of sp³-hybridized carbons (Fsp3) is 0.125. The minimum atomic E-state index is -0.259. The number of nitriles is 3. The van der Waals surface area contributed by atoms with E-state index in [1.54, 1.807) is 42.5 Å². The zero-order chi connectivity index (χ0) is 16.1. The third-order valence-corrected chi connectivity index (χ3v) is 3.02. The predicted molar refractivity (Wildman–Crippen MR) is 78.9 cm³/mol. The molecule has 2 rings (SSSR count). The highest BCUT2D eigenvalue weighted by Crippen LogP contribution is 2.23. The number of aromatic nitrogens is 1. The molecule has 0 aliphatic carbocycles. The lowest BCUT2D eigenvalue weighted by atomic mass is 10.2. The quantitative estimate of drug-likeness (QED) is 0.869. The van der Waals surface area contributed by atoms with Crippen LogP contribution in [0.25, 0.3) is 11.5 Å². The Labute approximate surface area is 127 Å². The van der Waals surface area contributed by atoms with Gasteiger partial charge in [-0.15, -0.1) is 0 Å². The standard InChI is InChI=1S/C16H11N5O/c1-10-11(2)22-16(20-10)12-3-5-14(6-4-12)21-15(9-19)13(7-17)8-18/h3-6,21H,1-2H3. The van der Waals surface area contributed by atoms with Gasteiger partial charge in [0.2, 0.25) is 5.89 Å². The molecule has 0 unspecified atom stereocenters. The molecular formula is C16H11N5O. The summed E-state index contributed by atoms with van der Waals surface area (Å²) in [6, 6.07) is 12.1. The molecule has 1 aromatic heterocycles. The summed E-state index contributed by atoms with van der Waals surface area (Å²) >= 11 is 0. The normalized spacial score (nSPS) is 9.23. The highest BCUT2D eigenvalue weighted by atomic mass is 16.4. The Balaban J connectivity index is 2.27. The van der Waals surface area contributed by atoms with Crippen LogP contribution in [0.2, 0.25) is 0 Å². The summed E-state index contributed by atoms with van der Waals surface area (Å²) in [6.45, 7) is 3.71. The third kappa shape index (κ3) is 2.95. The number of aryl methyl sites for hydroxylation is 2. The minimum absolute atomic E-state index is 0.0828. The Kier molecular flexibility index (Phi) is 4.22. The smallest absolute Gasteiger partial charge is 0.226 e. The zero-order valence-corrected chi connectivity index (χ0v) is 12.0. The highest BCUT2D eigenvalue weighted by Gasteiger charge is 2.09. The molecule has 0 fully saturated rings. The topological polar surface area (TPSA) is 109 Å². The van der Waals surface area contributed by atoms with Crippen molar-refractivity contribution < 1.29 is 4.42 Å². The monoisotopic (exact) mass is 289 g/mol. The Morgan fingerprint density at radius 3 is 2.14 bits per heavy atom. The molecule has 6 nitrogen and oxygen atoms in total. The number of allylic oxidation sites excluding steroid dienone is 2. The second-order valence-electron chi connectivity index (χ2n) is 4.45. The van der Waals surface area contributed by atoms with Gasteiger partial charge in [0.25, 0.3) is 0 Å². The van der Waals surface area contributed by atoms with E-state index in [0.717, 1.165) is 17.0 Å². The van der Waals surface area contributed by atoms with E-state index in [0.29, 0.717) is 11.6 Å². The van der Waals surface area contributed by atoms with Crippen molar-refractivity contribution in [3.8, 4) is 29.7 Å². The van der Waals surface area contributed by atoms with E-state index < -0.39 is 0 Å². The number of benzene rings is 1. The van der Waals surface area contributed by atoms with Gasteiger partial charge < -0.3 is 9.73 Å². The van der Waals surface area contributed by atoms with Gasteiger partial charge in [-0.05, 0) is 38.1 Å². The summed E-state index contributed by atoms with van der Waals surface area (Å²) in [5, 5.41) is 29.3. The first-order valence-electron chi connectivity index (χ1n) is 6.35. The number of hydrogen-bond donors (Lipinski definition) is 1. The van der Waals surface area contributed by atoms with Gasteiger partial charge in [-0.2, -0.15) is 15.8 Å². The van der Waals surface area contributed by atoms with E-state index >= 15 is 0 Å². The Bertz CT molecular complexity index is 818. The number of oxazole rings is 1. The lowest BCUT2D eigenvalue weighted by Gasteiger charge is -2.04. The first kappa shape index (κ1) is 14.8. The van der Waals surface area contributed by atoms with Crippen molar-refractivity contribution in [3.63, 3.8) is 0 Å². The Morgan fingerprint density at radius 1 is 1.05 bits per heavy atom. The van der Waals surface area contributed by atoms with Crippen LogP contribution in [-0.2, 0) is 0 Å². The molecule has 22 heavy (non-hydrogen) atoms. The number of rotatable bonds is 3. The van der Waals surface area contributed by atoms with Crippen LogP contribution in [0.5, 0.6) is 0 Å². The van der Waals surface area contributed by atoms with Gasteiger partial charge in [0, 0.05) is 11.3 Å². The molecule has 0 atom stereocenters.